The maximum Gasteiger partial charge on any atom is 0.306 e. The molecule has 0 spiro atoms. The van der Waals surface area contributed by atoms with Gasteiger partial charge in [-0.2, -0.15) is 0 Å². The van der Waals surface area contributed by atoms with Crippen LogP contribution in [0.25, 0.3) is 0 Å². The SMILES string of the molecule is CC/C=C\C/C=C\C/C=C\C/C=C\C/C=C\CCCCCCCCCCC(O)C(=O)NC(COC1OC(CO)C(O)C(O)C1OC(=O)CCCCCCCC/C=C\C/C=C\C/C=C\CCCCC)C(O)/C=C/CCCCCCCCCCCCC. The molecule has 1 rings (SSSR count). The summed E-state index contributed by atoms with van der Waals surface area (Å²) in [7, 11) is 0. The zero-order valence-corrected chi connectivity index (χ0v) is 54.2. The molecule has 1 fully saturated rings. The first-order valence-corrected chi connectivity index (χ1v) is 34.7. The van der Waals surface area contributed by atoms with Gasteiger partial charge in [0.1, 0.15) is 24.4 Å². The summed E-state index contributed by atoms with van der Waals surface area (Å²) < 4.78 is 17.7. The summed E-state index contributed by atoms with van der Waals surface area (Å²) in [5.74, 6) is -1.22. The minimum atomic E-state index is -1.63. The number of amides is 1. The number of carbonyl (C=O) groups excluding carboxylic acids is 2. The molecule has 488 valence electrons. The van der Waals surface area contributed by atoms with Gasteiger partial charge in [-0.3, -0.25) is 9.59 Å². The van der Waals surface area contributed by atoms with Gasteiger partial charge in [-0.15, -0.1) is 0 Å². The fourth-order valence-electron chi connectivity index (χ4n) is 10.2. The number of unbranched alkanes of at least 4 members (excludes halogenated alkanes) is 28. The minimum Gasteiger partial charge on any atom is -0.454 e. The van der Waals surface area contributed by atoms with E-state index in [1.807, 2.05) is 6.08 Å². The van der Waals surface area contributed by atoms with Crippen LogP contribution in [0.4, 0.5) is 0 Å². The van der Waals surface area contributed by atoms with Crippen LogP contribution in [-0.4, -0.2) is 99.6 Å². The molecule has 0 saturated carbocycles. The number of carbonyl (C=O) groups is 2. The first kappa shape index (κ1) is 79.3. The van der Waals surface area contributed by atoms with E-state index < -0.39 is 67.4 Å². The Labute approximate surface area is 519 Å². The molecule has 1 amide bonds. The van der Waals surface area contributed by atoms with E-state index >= 15 is 0 Å². The number of aliphatic hydroxyl groups is 5. The standard InChI is InChI=1S/C74H127NO10/c1-4-7-10-13-16-19-22-25-27-29-31-32-33-34-35-37-38-40-43-46-49-52-55-58-61-67(78)73(82)75-65(66(77)60-57-54-51-48-45-42-24-21-18-15-12-9-6-3)64-83-74-72(71(81)70(80)68(63-76)84-74)85-69(79)62-59-56-53-50-47-44-41-39-36-30-28-26-23-20-17-14-11-8-5-2/h7,10,16-17,19-20,25-28,31-32,34-36,39,57,60,65-68,70-72,74,76-78,80-81H,4-6,8-9,11-15,18,21-24,29-30,33,37-38,40-56,58-59,61-64H2,1-3H3,(H,75,82)/b10-7-,19-16-,20-17-,27-25-,28-26-,32-31-,35-34-,39-36-,60-57+. The second-order valence-corrected chi connectivity index (χ2v) is 23.5. The van der Waals surface area contributed by atoms with Gasteiger partial charge >= 0.3 is 5.97 Å². The fourth-order valence-corrected chi connectivity index (χ4v) is 10.2. The van der Waals surface area contributed by atoms with Gasteiger partial charge in [-0.05, 0) is 109 Å². The fraction of sp³-hybridized carbons (Fsp3) is 0.730. The molecular weight excluding hydrogens is 1060 g/mol. The number of hydrogen-bond acceptors (Lipinski definition) is 10. The first-order valence-electron chi connectivity index (χ1n) is 34.7. The van der Waals surface area contributed by atoms with Crippen LogP contribution < -0.4 is 5.32 Å². The molecule has 11 heteroatoms. The van der Waals surface area contributed by atoms with Crippen molar-refractivity contribution in [2.75, 3.05) is 13.2 Å². The van der Waals surface area contributed by atoms with Crippen LogP contribution in [0.15, 0.2) is 109 Å². The van der Waals surface area contributed by atoms with Crippen molar-refractivity contribution in [3.05, 3.63) is 109 Å². The lowest BCUT2D eigenvalue weighted by atomic mass is 9.99. The van der Waals surface area contributed by atoms with Gasteiger partial charge in [-0.1, -0.05) is 278 Å². The molecule has 8 atom stereocenters. The van der Waals surface area contributed by atoms with E-state index in [1.54, 1.807) is 6.08 Å². The van der Waals surface area contributed by atoms with Crippen LogP contribution in [0.2, 0.25) is 0 Å². The second kappa shape index (κ2) is 60.6. The van der Waals surface area contributed by atoms with E-state index in [4.69, 9.17) is 14.2 Å². The Morgan fingerprint density at radius 2 is 0.847 bits per heavy atom. The zero-order chi connectivity index (χ0) is 61.7. The third-order valence-electron chi connectivity index (χ3n) is 15.7. The van der Waals surface area contributed by atoms with Gasteiger partial charge in [0.05, 0.1) is 25.4 Å². The Morgan fingerprint density at radius 1 is 0.471 bits per heavy atom. The molecule has 1 aliphatic rings. The van der Waals surface area contributed by atoms with Gasteiger partial charge in [0, 0.05) is 6.42 Å². The minimum absolute atomic E-state index is 0.104. The number of nitrogens with one attached hydrogen (secondary N) is 1. The Balaban J connectivity index is 2.64. The summed E-state index contributed by atoms with van der Waals surface area (Å²) in [5.41, 5.74) is 0. The Kier molecular flexibility index (Phi) is 56.6. The first-order chi connectivity index (χ1) is 41.7. The van der Waals surface area contributed by atoms with E-state index in [0.29, 0.717) is 12.8 Å². The Bertz CT molecular complexity index is 1800. The summed E-state index contributed by atoms with van der Waals surface area (Å²) in [5, 5.41) is 57.2. The highest BCUT2D eigenvalue weighted by atomic mass is 16.7. The molecule has 0 aromatic carbocycles. The number of rotatable bonds is 58. The second-order valence-electron chi connectivity index (χ2n) is 23.5. The van der Waals surface area contributed by atoms with Crippen molar-refractivity contribution in [2.45, 2.75) is 333 Å². The largest absolute Gasteiger partial charge is 0.454 e. The molecule has 11 nitrogen and oxygen atoms in total. The van der Waals surface area contributed by atoms with Gasteiger partial charge in [0.2, 0.25) is 5.91 Å². The number of aliphatic hydroxyl groups excluding tert-OH is 5. The van der Waals surface area contributed by atoms with Crippen LogP contribution in [0.3, 0.4) is 0 Å². The third kappa shape index (κ3) is 48.0. The quantitative estimate of drug-likeness (QED) is 0.0195. The summed E-state index contributed by atoms with van der Waals surface area (Å²) in [6.45, 7) is 5.65. The predicted octanol–water partition coefficient (Wildman–Crippen LogP) is 17.6. The molecule has 8 unspecified atom stereocenters. The van der Waals surface area contributed by atoms with Crippen LogP contribution >= 0.6 is 0 Å². The average molecular weight is 1190 g/mol. The lowest BCUT2D eigenvalue weighted by Gasteiger charge is -2.41. The van der Waals surface area contributed by atoms with Crippen molar-refractivity contribution in [3.63, 3.8) is 0 Å². The van der Waals surface area contributed by atoms with Crippen molar-refractivity contribution < 1.29 is 49.3 Å². The van der Waals surface area contributed by atoms with E-state index in [9.17, 15) is 35.1 Å². The maximum atomic E-state index is 13.5. The van der Waals surface area contributed by atoms with Crippen molar-refractivity contribution in [1.29, 1.82) is 0 Å². The van der Waals surface area contributed by atoms with Crippen molar-refractivity contribution in [3.8, 4) is 0 Å². The van der Waals surface area contributed by atoms with Gasteiger partial charge in [0.15, 0.2) is 12.4 Å². The molecule has 0 radical (unpaired) electrons. The van der Waals surface area contributed by atoms with Gasteiger partial charge in [0.25, 0.3) is 0 Å². The number of hydrogen-bond donors (Lipinski definition) is 6. The van der Waals surface area contributed by atoms with Crippen LogP contribution in [-0.2, 0) is 23.8 Å². The highest BCUT2D eigenvalue weighted by Gasteiger charge is 2.47. The van der Waals surface area contributed by atoms with E-state index in [1.165, 1.54) is 103 Å². The van der Waals surface area contributed by atoms with Crippen molar-refractivity contribution in [1.82, 2.24) is 5.32 Å². The Hall–Kier alpha value is -3.68. The van der Waals surface area contributed by atoms with Crippen LogP contribution in [0.1, 0.15) is 284 Å². The Morgan fingerprint density at radius 3 is 1.29 bits per heavy atom. The van der Waals surface area contributed by atoms with Gasteiger partial charge in [-0.25, -0.2) is 0 Å². The van der Waals surface area contributed by atoms with Crippen LogP contribution in [0.5, 0.6) is 0 Å². The van der Waals surface area contributed by atoms with Crippen molar-refractivity contribution >= 4 is 11.9 Å². The summed E-state index contributed by atoms with van der Waals surface area (Å²) >= 11 is 0. The molecular formula is C74H127NO10. The molecule has 0 bridgehead atoms. The molecule has 0 aromatic heterocycles. The van der Waals surface area contributed by atoms with E-state index in [0.717, 1.165) is 135 Å². The van der Waals surface area contributed by atoms with Crippen LogP contribution in [0, 0.1) is 0 Å². The summed E-state index contributed by atoms with van der Waals surface area (Å²) in [4.78, 5) is 26.7. The molecule has 1 aliphatic heterocycles. The predicted molar refractivity (Wildman–Crippen MR) is 356 cm³/mol. The lowest BCUT2D eigenvalue weighted by molar-refractivity contribution is -0.305. The average Bonchev–Trinajstić information content (AvgIpc) is 3.17. The zero-order valence-electron chi connectivity index (χ0n) is 54.2. The lowest BCUT2D eigenvalue weighted by Crippen LogP contribution is -2.61. The molecule has 1 heterocycles. The highest BCUT2D eigenvalue weighted by Crippen LogP contribution is 2.26. The molecule has 0 aliphatic carbocycles. The number of ether oxygens (including phenoxy) is 3. The molecule has 6 N–H and O–H groups in total. The summed E-state index contributed by atoms with van der Waals surface area (Å²) in [6.07, 6.45) is 72.5. The normalized spacial score (nSPS) is 19.1. The molecule has 85 heavy (non-hydrogen) atoms. The van der Waals surface area contributed by atoms with E-state index in [2.05, 4.69) is 123 Å². The highest BCUT2D eigenvalue weighted by molar-refractivity contribution is 5.80. The maximum absolute atomic E-state index is 13.5. The third-order valence-corrected chi connectivity index (χ3v) is 15.7. The topological polar surface area (TPSA) is 175 Å². The van der Waals surface area contributed by atoms with Crippen molar-refractivity contribution in [2.24, 2.45) is 0 Å². The number of esters is 1. The number of allylic oxidation sites excluding steroid dienone is 17. The summed E-state index contributed by atoms with van der Waals surface area (Å²) in [6, 6.07) is -1.04. The smallest absolute Gasteiger partial charge is 0.306 e. The molecule has 1 saturated heterocycles. The molecule has 0 aromatic rings. The van der Waals surface area contributed by atoms with E-state index in [-0.39, 0.29) is 19.4 Å². The van der Waals surface area contributed by atoms with Gasteiger partial charge < -0.3 is 45.1 Å². The monoisotopic (exact) mass is 1190 g/mol.